The van der Waals surface area contributed by atoms with E-state index in [1.807, 2.05) is 57.2 Å². The Bertz CT molecular complexity index is 1080. The average Bonchev–Trinajstić information content (AvgIpc) is 3.06. The van der Waals surface area contributed by atoms with E-state index in [0.29, 0.717) is 35.3 Å². The molecule has 0 aliphatic rings. The minimum Gasteiger partial charge on any atom is -0.490 e. The first-order chi connectivity index (χ1) is 14.9. The predicted octanol–water partition coefficient (Wildman–Crippen LogP) is 4.80. The molecule has 0 radical (unpaired) electrons. The highest BCUT2D eigenvalue weighted by molar-refractivity contribution is 7.17. The van der Waals surface area contributed by atoms with Gasteiger partial charge >= 0.3 is 0 Å². The third-order valence-corrected chi connectivity index (χ3v) is 5.64. The number of anilines is 1. The van der Waals surface area contributed by atoms with Crippen molar-refractivity contribution in [1.82, 2.24) is 0 Å². The number of thiophene rings is 1. The number of ether oxygens (including phenoxy) is 2. The van der Waals surface area contributed by atoms with E-state index < -0.39 is 5.91 Å². The van der Waals surface area contributed by atoms with E-state index in [0.717, 1.165) is 21.6 Å². The lowest BCUT2D eigenvalue weighted by Crippen LogP contribution is -2.18. The number of primary amides is 1. The molecule has 3 aromatic rings. The smallest absolute Gasteiger partial charge is 0.252 e. The number of carbonyl (C=O) groups excluding carboxylic acids is 2. The predicted molar refractivity (Wildman–Crippen MR) is 124 cm³/mol. The van der Waals surface area contributed by atoms with Gasteiger partial charge in [-0.05, 0) is 44.0 Å². The Labute approximate surface area is 186 Å². The fraction of sp³-hybridized carbons (Fsp3) is 0.250. The molecule has 0 aliphatic heterocycles. The number of rotatable bonds is 9. The van der Waals surface area contributed by atoms with Crippen molar-refractivity contribution in [2.75, 3.05) is 18.5 Å². The number of benzene rings is 2. The monoisotopic (exact) mass is 438 g/mol. The Kier molecular flexibility index (Phi) is 7.31. The molecule has 0 saturated carbocycles. The van der Waals surface area contributed by atoms with E-state index in [1.165, 1.54) is 11.3 Å². The van der Waals surface area contributed by atoms with Gasteiger partial charge in [0.05, 0.1) is 25.2 Å². The van der Waals surface area contributed by atoms with Gasteiger partial charge in [0, 0.05) is 10.4 Å². The van der Waals surface area contributed by atoms with Gasteiger partial charge in [0.1, 0.15) is 5.00 Å². The van der Waals surface area contributed by atoms with Crippen LogP contribution < -0.4 is 20.5 Å². The molecule has 162 valence electrons. The lowest BCUT2D eigenvalue weighted by Gasteiger charge is -2.12. The normalized spacial score (nSPS) is 10.5. The van der Waals surface area contributed by atoms with Crippen LogP contribution in [0.3, 0.4) is 0 Å². The van der Waals surface area contributed by atoms with E-state index in [4.69, 9.17) is 15.2 Å². The highest BCUT2D eigenvalue weighted by atomic mass is 32.1. The second kappa shape index (κ2) is 10.1. The summed E-state index contributed by atoms with van der Waals surface area (Å²) in [5.41, 5.74) is 8.44. The van der Waals surface area contributed by atoms with Crippen LogP contribution in [0.25, 0.3) is 11.1 Å². The molecule has 31 heavy (non-hydrogen) atoms. The van der Waals surface area contributed by atoms with Crippen LogP contribution >= 0.6 is 11.3 Å². The van der Waals surface area contributed by atoms with Crippen molar-refractivity contribution in [2.24, 2.45) is 5.73 Å². The maximum Gasteiger partial charge on any atom is 0.252 e. The fourth-order valence-corrected chi connectivity index (χ4v) is 4.48. The molecule has 0 atom stereocenters. The number of nitrogens with one attached hydrogen (secondary N) is 1. The van der Waals surface area contributed by atoms with Gasteiger partial charge in [-0.3, -0.25) is 9.59 Å². The quantitative estimate of drug-likeness (QED) is 0.502. The summed E-state index contributed by atoms with van der Waals surface area (Å²) in [7, 11) is 0. The summed E-state index contributed by atoms with van der Waals surface area (Å²) in [4.78, 5) is 25.9. The van der Waals surface area contributed by atoms with Gasteiger partial charge in [-0.1, -0.05) is 36.4 Å². The zero-order valence-corrected chi connectivity index (χ0v) is 18.7. The van der Waals surface area contributed by atoms with Gasteiger partial charge in [0.25, 0.3) is 5.91 Å². The molecular formula is C24H26N2O4S. The molecule has 2 amide bonds. The minimum absolute atomic E-state index is 0.127. The van der Waals surface area contributed by atoms with Crippen LogP contribution in [-0.2, 0) is 11.2 Å². The maximum atomic E-state index is 12.8. The van der Waals surface area contributed by atoms with Crippen LogP contribution in [0.2, 0.25) is 0 Å². The molecule has 1 heterocycles. The van der Waals surface area contributed by atoms with Gasteiger partial charge in [0.2, 0.25) is 5.91 Å². The van der Waals surface area contributed by atoms with Gasteiger partial charge < -0.3 is 20.5 Å². The number of hydrogen-bond acceptors (Lipinski definition) is 5. The standard InChI is InChI=1S/C24H26N2O4S/c1-4-29-18-12-11-16(13-19(18)30-5-2)14-20(27)26-24-22(23(25)28)21(15(3)31-24)17-9-7-6-8-10-17/h6-13H,4-5,14H2,1-3H3,(H2,25,28)(H,26,27). The number of amides is 2. The van der Waals surface area contributed by atoms with Crippen molar-refractivity contribution in [3.63, 3.8) is 0 Å². The molecule has 0 fully saturated rings. The van der Waals surface area contributed by atoms with Crippen LogP contribution in [0, 0.1) is 6.92 Å². The van der Waals surface area contributed by atoms with Crippen molar-refractivity contribution >= 4 is 28.2 Å². The molecule has 0 saturated heterocycles. The molecule has 6 nitrogen and oxygen atoms in total. The number of aryl methyl sites for hydroxylation is 1. The summed E-state index contributed by atoms with van der Waals surface area (Å²) in [6.45, 7) is 6.73. The number of carbonyl (C=O) groups is 2. The lowest BCUT2D eigenvalue weighted by molar-refractivity contribution is -0.115. The Balaban J connectivity index is 1.84. The summed E-state index contributed by atoms with van der Waals surface area (Å²) in [5, 5.41) is 3.33. The first-order valence-electron chi connectivity index (χ1n) is 10.1. The minimum atomic E-state index is -0.571. The first-order valence-corrected chi connectivity index (χ1v) is 10.9. The molecule has 0 unspecified atom stereocenters. The van der Waals surface area contributed by atoms with Crippen molar-refractivity contribution in [3.05, 3.63) is 64.5 Å². The second-order valence-electron chi connectivity index (χ2n) is 6.84. The molecule has 0 spiro atoms. The van der Waals surface area contributed by atoms with Gasteiger partial charge in [-0.15, -0.1) is 11.3 Å². The van der Waals surface area contributed by atoms with E-state index >= 15 is 0 Å². The summed E-state index contributed by atoms with van der Waals surface area (Å²) in [6.07, 6.45) is 0.127. The van der Waals surface area contributed by atoms with Crippen molar-refractivity contribution in [1.29, 1.82) is 0 Å². The lowest BCUT2D eigenvalue weighted by atomic mass is 10.0. The maximum absolute atomic E-state index is 12.8. The summed E-state index contributed by atoms with van der Waals surface area (Å²) < 4.78 is 11.2. The van der Waals surface area contributed by atoms with E-state index in [9.17, 15) is 9.59 Å². The number of nitrogens with two attached hydrogens (primary N) is 1. The van der Waals surface area contributed by atoms with Crippen molar-refractivity contribution in [2.45, 2.75) is 27.2 Å². The zero-order chi connectivity index (χ0) is 22.4. The molecule has 3 rings (SSSR count). The van der Waals surface area contributed by atoms with Crippen molar-refractivity contribution in [3.8, 4) is 22.6 Å². The molecular weight excluding hydrogens is 412 g/mol. The molecule has 1 aromatic heterocycles. The zero-order valence-electron chi connectivity index (χ0n) is 17.9. The molecule has 0 aliphatic carbocycles. The summed E-state index contributed by atoms with van der Waals surface area (Å²) >= 11 is 1.35. The largest absolute Gasteiger partial charge is 0.490 e. The van der Waals surface area contributed by atoms with Gasteiger partial charge in [0.15, 0.2) is 11.5 Å². The molecule has 7 heteroatoms. The number of hydrogen-bond donors (Lipinski definition) is 2. The summed E-state index contributed by atoms with van der Waals surface area (Å²) in [6, 6.07) is 15.0. The molecule has 3 N–H and O–H groups in total. The van der Waals surface area contributed by atoms with E-state index in [1.54, 1.807) is 12.1 Å². The highest BCUT2D eigenvalue weighted by Gasteiger charge is 2.23. The third kappa shape index (κ3) is 5.24. The third-order valence-electron chi connectivity index (χ3n) is 4.62. The molecule has 2 aromatic carbocycles. The van der Waals surface area contributed by atoms with Crippen molar-refractivity contribution < 1.29 is 19.1 Å². The van der Waals surface area contributed by atoms with Gasteiger partial charge in [-0.2, -0.15) is 0 Å². The Morgan fingerprint density at radius 1 is 1.00 bits per heavy atom. The Morgan fingerprint density at radius 2 is 1.68 bits per heavy atom. The average molecular weight is 439 g/mol. The van der Waals surface area contributed by atoms with Gasteiger partial charge in [-0.25, -0.2) is 0 Å². The van der Waals surface area contributed by atoms with Crippen LogP contribution in [0.5, 0.6) is 11.5 Å². The Hall–Kier alpha value is -3.32. The first kappa shape index (κ1) is 22.4. The molecule has 0 bridgehead atoms. The van der Waals surface area contributed by atoms with Crippen LogP contribution in [0.4, 0.5) is 5.00 Å². The fourth-order valence-electron chi connectivity index (χ4n) is 3.38. The second-order valence-corrected chi connectivity index (χ2v) is 8.06. The van der Waals surface area contributed by atoms with Crippen LogP contribution in [-0.4, -0.2) is 25.0 Å². The Morgan fingerprint density at radius 3 is 2.32 bits per heavy atom. The summed E-state index contributed by atoms with van der Waals surface area (Å²) in [5.74, 6) is 0.435. The topological polar surface area (TPSA) is 90.6 Å². The van der Waals surface area contributed by atoms with E-state index in [-0.39, 0.29) is 12.3 Å². The van der Waals surface area contributed by atoms with Crippen LogP contribution in [0.15, 0.2) is 48.5 Å². The van der Waals surface area contributed by atoms with Crippen LogP contribution in [0.1, 0.15) is 34.6 Å². The highest BCUT2D eigenvalue weighted by Crippen LogP contribution is 2.39. The van der Waals surface area contributed by atoms with E-state index in [2.05, 4.69) is 5.32 Å². The SMILES string of the molecule is CCOc1ccc(CC(=O)Nc2sc(C)c(-c3ccccc3)c2C(N)=O)cc1OCC.